The molecule has 0 bridgehead atoms. The zero-order valence-electron chi connectivity index (χ0n) is 17.8. The number of unbranched alkanes of at least 4 members (excludes halogenated alkanes) is 1. The number of nitrogens with zero attached hydrogens (tertiary/aromatic N) is 2. The van der Waals surface area contributed by atoms with E-state index in [2.05, 4.69) is 113 Å². The summed E-state index contributed by atoms with van der Waals surface area (Å²) in [6.07, 6.45) is 4.66. The van der Waals surface area contributed by atoms with Gasteiger partial charge in [-0.25, -0.2) is 0 Å². The summed E-state index contributed by atoms with van der Waals surface area (Å²) < 4.78 is 5.00. The van der Waals surface area contributed by atoms with Crippen LogP contribution in [0.5, 0.6) is 0 Å². The largest absolute Gasteiger partial charge is 0.312 e. The molecule has 0 saturated carbocycles. The Balaban J connectivity index is 1.75. The molecule has 0 unspecified atom stereocenters. The lowest BCUT2D eigenvalue weighted by atomic mass is 10.2. The second kappa shape index (κ2) is 7.31. The zero-order valence-corrected chi connectivity index (χ0v) is 17.8. The minimum absolute atomic E-state index is 1.02. The summed E-state index contributed by atoms with van der Waals surface area (Å²) in [6.45, 7) is 2.27. The predicted octanol–water partition coefficient (Wildman–Crippen LogP) is 7.98. The first-order valence-electron chi connectivity index (χ1n) is 11.2. The van der Waals surface area contributed by atoms with E-state index in [4.69, 9.17) is 0 Å². The Hall–Kier alpha value is -3.52. The van der Waals surface area contributed by atoms with Gasteiger partial charge in [-0.1, -0.05) is 86.1 Å². The maximum atomic E-state index is 2.50. The SMILES string of the molecule is CCCC[C](n1c2ccccc2c2ccccc21)n1c2ccccc2c2ccccc21. The summed E-state index contributed by atoms with van der Waals surface area (Å²) in [5.41, 5.74) is 5.10. The molecule has 2 nitrogen and oxygen atoms in total. The highest BCUT2D eigenvalue weighted by molar-refractivity contribution is 6.10. The summed E-state index contributed by atoms with van der Waals surface area (Å²) in [5, 5.41) is 5.25. The molecule has 151 valence electrons. The summed E-state index contributed by atoms with van der Waals surface area (Å²) in [4.78, 5) is 0. The van der Waals surface area contributed by atoms with E-state index in [9.17, 15) is 0 Å². The normalized spacial score (nSPS) is 12.1. The van der Waals surface area contributed by atoms with Gasteiger partial charge in [-0.15, -0.1) is 0 Å². The van der Waals surface area contributed by atoms with E-state index >= 15 is 0 Å². The molecule has 0 N–H and O–H groups in total. The molecule has 0 fully saturated rings. The first-order chi connectivity index (χ1) is 15.4. The van der Waals surface area contributed by atoms with Crippen molar-refractivity contribution in [2.75, 3.05) is 0 Å². The predicted molar refractivity (Wildman–Crippen MR) is 132 cm³/mol. The van der Waals surface area contributed by atoms with Crippen LogP contribution in [0, 0.1) is 6.17 Å². The molecular weight excluding hydrogens is 376 g/mol. The average Bonchev–Trinajstić information content (AvgIpc) is 3.34. The van der Waals surface area contributed by atoms with Crippen LogP contribution < -0.4 is 0 Å². The van der Waals surface area contributed by atoms with E-state index in [1.54, 1.807) is 0 Å². The summed E-state index contributed by atoms with van der Waals surface area (Å²) in [7, 11) is 0. The third kappa shape index (κ3) is 2.71. The van der Waals surface area contributed by atoms with Gasteiger partial charge < -0.3 is 9.13 Å². The van der Waals surface area contributed by atoms with Crippen LogP contribution >= 0.6 is 0 Å². The Kier molecular flexibility index (Phi) is 4.31. The second-order valence-corrected chi connectivity index (χ2v) is 8.26. The Morgan fingerprint density at radius 3 is 1.16 bits per heavy atom. The van der Waals surface area contributed by atoms with Crippen LogP contribution in [-0.4, -0.2) is 9.13 Å². The Morgan fingerprint density at radius 2 is 0.839 bits per heavy atom. The fourth-order valence-electron chi connectivity index (χ4n) is 5.06. The number of hydrogen-bond donors (Lipinski definition) is 0. The highest BCUT2D eigenvalue weighted by Crippen LogP contribution is 2.38. The fourth-order valence-corrected chi connectivity index (χ4v) is 5.06. The molecule has 0 aliphatic rings. The topological polar surface area (TPSA) is 9.86 Å². The van der Waals surface area contributed by atoms with Crippen LogP contribution in [0.1, 0.15) is 26.2 Å². The van der Waals surface area contributed by atoms with Gasteiger partial charge in [-0.2, -0.15) is 0 Å². The Bertz CT molecular complexity index is 1310. The van der Waals surface area contributed by atoms with Crippen LogP contribution in [0.4, 0.5) is 0 Å². The fraction of sp³-hybridized carbons (Fsp3) is 0.138. The van der Waals surface area contributed by atoms with Crippen molar-refractivity contribution in [3.05, 3.63) is 103 Å². The lowest BCUT2D eigenvalue weighted by molar-refractivity contribution is 0.607. The highest BCUT2D eigenvalue weighted by Gasteiger charge is 2.24. The minimum Gasteiger partial charge on any atom is -0.312 e. The van der Waals surface area contributed by atoms with Crippen molar-refractivity contribution in [2.45, 2.75) is 26.2 Å². The molecule has 6 rings (SSSR count). The van der Waals surface area contributed by atoms with E-state index in [0.717, 1.165) is 19.3 Å². The van der Waals surface area contributed by atoms with Crippen molar-refractivity contribution >= 4 is 43.6 Å². The van der Waals surface area contributed by atoms with E-state index in [0.29, 0.717) is 0 Å². The molecule has 0 atom stereocenters. The number of aromatic nitrogens is 2. The van der Waals surface area contributed by atoms with Gasteiger partial charge in [-0.3, -0.25) is 0 Å². The van der Waals surface area contributed by atoms with Crippen molar-refractivity contribution in [1.29, 1.82) is 0 Å². The minimum atomic E-state index is 1.02. The molecule has 1 radical (unpaired) electrons. The molecule has 2 aromatic heterocycles. The van der Waals surface area contributed by atoms with Gasteiger partial charge in [0.15, 0.2) is 6.17 Å². The van der Waals surface area contributed by atoms with Crippen LogP contribution in [0.15, 0.2) is 97.1 Å². The molecule has 0 spiro atoms. The van der Waals surface area contributed by atoms with Gasteiger partial charge in [0.2, 0.25) is 0 Å². The third-order valence-corrected chi connectivity index (χ3v) is 6.43. The van der Waals surface area contributed by atoms with Gasteiger partial charge in [-0.05, 0) is 37.1 Å². The molecule has 31 heavy (non-hydrogen) atoms. The van der Waals surface area contributed by atoms with Crippen molar-refractivity contribution in [3.8, 4) is 0 Å². The number of fused-ring (bicyclic) bond motifs is 6. The van der Waals surface area contributed by atoms with E-state index in [1.807, 2.05) is 0 Å². The summed E-state index contributed by atoms with van der Waals surface area (Å²) >= 11 is 0. The average molecular weight is 402 g/mol. The van der Waals surface area contributed by atoms with Gasteiger partial charge in [0, 0.05) is 21.5 Å². The van der Waals surface area contributed by atoms with Crippen LogP contribution in [0.25, 0.3) is 43.6 Å². The number of hydrogen-bond acceptors (Lipinski definition) is 0. The first kappa shape index (κ1) is 18.3. The van der Waals surface area contributed by atoms with Gasteiger partial charge in [0.05, 0.1) is 22.1 Å². The summed E-state index contributed by atoms with van der Waals surface area (Å²) in [6, 6.07) is 35.2. The Labute approximate surface area is 182 Å². The van der Waals surface area contributed by atoms with E-state index in [1.165, 1.54) is 49.8 Å². The van der Waals surface area contributed by atoms with Gasteiger partial charge in [0.25, 0.3) is 0 Å². The van der Waals surface area contributed by atoms with Crippen molar-refractivity contribution < 1.29 is 0 Å². The molecule has 0 amide bonds. The van der Waals surface area contributed by atoms with Crippen LogP contribution in [-0.2, 0) is 0 Å². The lowest BCUT2D eigenvalue weighted by Gasteiger charge is -2.24. The molecule has 0 aliphatic heterocycles. The second-order valence-electron chi connectivity index (χ2n) is 8.26. The summed E-state index contributed by atoms with van der Waals surface area (Å²) in [5.74, 6) is 0. The molecule has 2 heterocycles. The zero-order chi connectivity index (χ0) is 20.8. The maximum absolute atomic E-state index is 2.50. The van der Waals surface area contributed by atoms with Crippen molar-refractivity contribution in [1.82, 2.24) is 9.13 Å². The molecular formula is C29H25N2. The molecule has 0 aliphatic carbocycles. The molecule has 4 aromatic carbocycles. The van der Waals surface area contributed by atoms with Gasteiger partial charge >= 0.3 is 0 Å². The van der Waals surface area contributed by atoms with E-state index < -0.39 is 0 Å². The molecule has 6 aromatic rings. The monoisotopic (exact) mass is 401 g/mol. The smallest absolute Gasteiger partial charge is 0.165 e. The quantitative estimate of drug-likeness (QED) is 0.277. The number of benzene rings is 4. The lowest BCUT2D eigenvalue weighted by Crippen LogP contribution is -2.19. The van der Waals surface area contributed by atoms with Crippen LogP contribution in [0.3, 0.4) is 0 Å². The van der Waals surface area contributed by atoms with Crippen LogP contribution in [0.2, 0.25) is 0 Å². The first-order valence-corrected chi connectivity index (χ1v) is 11.2. The number of rotatable bonds is 5. The van der Waals surface area contributed by atoms with Crippen molar-refractivity contribution in [3.63, 3.8) is 0 Å². The third-order valence-electron chi connectivity index (χ3n) is 6.43. The van der Waals surface area contributed by atoms with Crippen molar-refractivity contribution in [2.24, 2.45) is 0 Å². The Morgan fingerprint density at radius 1 is 0.516 bits per heavy atom. The molecule has 0 saturated heterocycles. The maximum Gasteiger partial charge on any atom is 0.165 e. The molecule has 2 heteroatoms. The van der Waals surface area contributed by atoms with Gasteiger partial charge in [0.1, 0.15) is 0 Å². The number of para-hydroxylation sites is 4. The van der Waals surface area contributed by atoms with E-state index in [-0.39, 0.29) is 0 Å². The highest BCUT2D eigenvalue weighted by atomic mass is 15.2. The standard InChI is InChI=1S/C29H25N2/c1-2-3-20-29(30-25-16-8-4-12-21(25)22-13-5-9-17-26(22)30)31-27-18-10-6-14-23(27)24-15-7-11-19-28(24)31/h4-19H,2-3,20H2,1H3.